The average Bonchev–Trinajstić information content (AvgIpc) is 3.24. The first kappa shape index (κ1) is 21.4. The summed E-state index contributed by atoms with van der Waals surface area (Å²) < 4.78 is 38.7. The van der Waals surface area contributed by atoms with Crippen molar-refractivity contribution in [1.29, 1.82) is 0 Å². The van der Waals surface area contributed by atoms with Crippen LogP contribution in [-0.4, -0.2) is 27.3 Å². The number of fused-ring (bicyclic) bond motifs is 1. The van der Waals surface area contributed by atoms with Gasteiger partial charge in [0.05, 0.1) is 16.8 Å². The van der Waals surface area contributed by atoms with E-state index >= 15 is 0 Å². The lowest BCUT2D eigenvalue weighted by atomic mass is 10.1. The summed E-state index contributed by atoms with van der Waals surface area (Å²) in [5, 5.41) is 3.94. The molecule has 0 aromatic heterocycles. The Bertz CT molecular complexity index is 1320. The molecule has 0 bridgehead atoms. The molecule has 0 radical (unpaired) electrons. The highest BCUT2D eigenvalue weighted by atomic mass is 32.2. The van der Waals surface area contributed by atoms with Gasteiger partial charge >= 0.3 is 0 Å². The van der Waals surface area contributed by atoms with Crippen molar-refractivity contribution in [2.75, 3.05) is 11.5 Å². The molecule has 32 heavy (non-hydrogen) atoms. The number of carbonyl (C=O) groups excluding carboxylic acids is 1. The van der Waals surface area contributed by atoms with E-state index in [9.17, 15) is 13.2 Å². The van der Waals surface area contributed by atoms with Gasteiger partial charge in [0.15, 0.2) is 11.5 Å². The summed E-state index contributed by atoms with van der Waals surface area (Å²) in [6.07, 6.45) is 1.46. The molecule has 0 saturated heterocycles. The second-order valence-electron chi connectivity index (χ2n) is 7.26. The van der Waals surface area contributed by atoms with Gasteiger partial charge in [-0.3, -0.25) is 9.52 Å². The van der Waals surface area contributed by atoms with E-state index in [-0.39, 0.29) is 17.3 Å². The molecule has 9 heteroatoms. The van der Waals surface area contributed by atoms with Crippen LogP contribution in [0.3, 0.4) is 0 Å². The van der Waals surface area contributed by atoms with Crippen molar-refractivity contribution in [3.05, 3.63) is 82.9 Å². The second kappa shape index (κ2) is 8.72. The highest BCUT2D eigenvalue weighted by Gasteiger charge is 2.17. The Morgan fingerprint density at radius 3 is 2.62 bits per heavy atom. The molecule has 1 heterocycles. The third-order valence-electron chi connectivity index (χ3n) is 4.81. The Labute approximate surface area is 185 Å². The SMILES string of the molecule is Cc1ccc(NS(=O)(=O)c2cccc(C(=O)NN=Cc3ccc4c(c3)OCO4)c2)c(C)c1. The molecule has 0 aliphatic carbocycles. The Kier molecular flexibility index (Phi) is 5.83. The minimum absolute atomic E-state index is 0.0233. The molecule has 2 N–H and O–H groups in total. The van der Waals surface area contributed by atoms with Gasteiger partial charge in [0.25, 0.3) is 15.9 Å². The third-order valence-corrected chi connectivity index (χ3v) is 6.17. The van der Waals surface area contributed by atoms with E-state index in [2.05, 4.69) is 15.2 Å². The van der Waals surface area contributed by atoms with Crippen molar-refractivity contribution in [1.82, 2.24) is 5.43 Å². The number of benzene rings is 3. The summed E-state index contributed by atoms with van der Waals surface area (Å²) in [6, 6.07) is 16.4. The number of hydrogen-bond acceptors (Lipinski definition) is 6. The van der Waals surface area contributed by atoms with Gasteiger partial charge in [0.1, 0.15) is 0 Å². The summed E-state index contributed by atoms with van der Waals surface area (Å²) in [7, 11) is -3.87. The summed E-state index contributed by atoms with van der Waals surface area (Å²) >= 11 is 0. The van der Waals surface area contributed by atoms with Gasteiger partial charge in [-0.1, -0.05) is 23.8 Å². The van der Waals surface area contributed by atoms with Gasteiger partial charge in [-0.05, 0) is 67.4 Å². The summed E-state index contributed by atoms with van der Waals surface area (Å²) in [6.45, 7) is 3.93. The minimum atomic E-state index is -3.87. The maximum absolute atomic E-state index is 12.8. The molecule has 3 aromatic rings. The fraction of sp³-hybridized carbons (Fsp3) is 0.130. The number of hydrazone groups is 1. The van der Waals surface area contributed by atoms with Gasteiger partial charge in [-0.15, -0.1) is 0 Å². The van der Waals surface area contributed by atoms with Gasteiger partial charge in [0, 0.05) is 5.56 Å². The lowest BCUT2D eigenvalue weighted by molar-refractivity contribution is 0.0955. The molecule has 0 atom stereocenters. The van der Waals surface area contributed by atoms with Gasteiger partial charge in [0.2, 0.25) is 6.79 Å². The van der Waals surface area contributed by atoms with Crippen LogP contribution >= 0.6 is 0 Å². The van der Waals surface area contributed by atoms with Crippen molar-refractivity contribution in [2.45, 2.75) is 18.7 Å². The maximum Gasteiger partial charge on any atom is 0.271 e. The number of sulfonamides is 1. The first-order chi connectivity index (χ1) is 15.3. The van der Waals surface area contributed by atoms with Crippen LogP contribution in [0.25, 0.3) is 0 Å². The van der Waals surface area contributed by atoms with Crippen LogP contribution in [0.15, 0.2) is 70.7 Å². The molecule has 0 unspecified atom stereocenters. The number of nitrogens with one attached hydrogen (secondary N) is 2. The van der Waals surface area contributed by atoms with Gasteiger partial charge < -0.3 is 9.47 Å². The topological polar surface area (TPSA) is 106 Å². The lowest BCUT2D eigenvalue weighted by Crippen LogP contribution is -2.19. The smallest absolute Gasteiger partial charge is 0.271 e. The van der Waals surface area contributed by atoms with Crippen molar-refractivity contribution >= 4 is 27.8 Å². The summed E-state index contributed by atoms with van der Waals surface area (Å²) in [5.41, 5.74) is 5.60. The quantitative estimate of drug-likeness (QED) is 0.440. The highest BCUT2D eigenvalue weighted by molar-refractivity contribution is 7.92. The molecule has 0 saturated carbocycles. The molecule has 1 amide bonds. The molecule has 1 aliphatic heterocycles. The van der Waals surface area contributed by atoms with E-state index in [0.717, 1.165) is 11.1 Å². The minimum Gasteiger partial charge on any atom is -0.454 e. The van der Waals surface area contributed by atoms with Crippen LogP contribution in [0.4, 0.5) is 5.69 Å². The molecule has 3 aromatic carbocycles. The molecule has 0 spiro atoms. The van der Waals surface area contributed by atoms with Crippen molar-refractivity contribution in [3.8, 4) is 11.5 Å². The Balaban J connectivity index is 1.46. The van der Waals surface area contributed by atoms with Crippen LogP contribution in [0.5, 0.6) is 11.5 Å². The largest absolute Gasteiger partial charge is 0.454 e. The molecule has 8 nitrogen and oxygen atoms in total. The van der Waals surface area contributed by atoms with Crippen LogP contribution in [0.1, 0.15) is 27.0 Å². The fourth-order valence-corrected chi connectivity index (χ4v) is 4.34. The van der Waals surface area contributed by atoms with Crippen LogP contribution in [-0.2, 0) is 10.0 Å². The number of rotatable bonds is 6. The van der Waals surface area contributed by atoms with Crippen LogP contribution in [0.2, 0.25) is 0 Å². The number of nitrogens with zero attached hydrogens (tertiary/aromatic N) is 1. The number of hydrogen-bond donors (Lipinski definition) is 2. The van der Waals surface area contributed by atoms with Gasteiger partial charge in [-0.2, -0.15) is 5.10 Å². The zero-order valence-electron chi connectivity index (χ0n) is 17.5. The Morgan fingerprint density at radius 1 is 1.00 bits per heavy atom. The Hall–Kier alpha value is -3.85. The highest BCUT2D eigenvalue weighted by Crippen LogP contribution is 2.32. The first-order valence-electron chi connectivity index (χ1n) is 9.75. The normalized spacial score (nSPS) is 12.7. The second-order valence-corrected chi connectivity index (χ2v) is 8.95. The predicted molar refractivity (Wildman–Crippen MR) is 121 cm³/mol. The third kappa shape index (κ3) is 4.73. The first-order valence-corrected chi connectivity index (χ1v) is 11.2. The number of ether oxygens (including phenoxy) is 2. The van der Waals surface area contributed by atoms with Crippen molar-refractivity contribution in [3.63, 3.8) is 0 Å². The molecule has 4 rings (SSSR count). The number of aryl methyl sites for hydroxylation is 2. The predicted octanol–water partition coefficient (Wildman–Crippen LogP) is 3.60. The zero-order valence-corrected chi connectivity index (χ0v) is 18.3. The van der Waals surface area contributed by atoms with E-state index in [1.807, 2.05) is 26.0 Å². The molecular weight excluding hydrogens is 430 g/mol. The maximum atomic E-state index is 12.8. The lowest BCUT2D eigenvalue weighted by Gasteiger charge is -2.12. The Morgan fingerprint density at radius 2 is 1.81 bits per heavy atom. The average molecular weight is 452 g/mol. The monoisotopic (exact) mass is 451 g/mol. The summed E-state index contributed by atoms with van der Waals surface area (Å²) in [5.74, 6) is 0.721. The van der Waals surface area contributed by atoms with Crippen LogP contribution < -0.4 is 19.6 Å². The van der Waals surface area contributed by atoms with E-state index in [0.29, 0.717) is 22.7 Å². The molecular formula is C23H21N3O5S. The molecule has 1 aliphatic rings. The van der Waals surface area contributed by atoms with Gasteiger partial charge in [-0.25, -0.2) is 13.8 Å². The number of amides is 1. The van der Waals surface area contributed by atoms with E-state index in [1.165, 1.54) is 30.5 Å². The van der Waals surface area contributed by atoms with Crippen LogP contribution in [0, 0.1) is 13.8 Å². The summed E-state index contributed by atoms with van der Waals surface area (Å²) in [4.78, 5) is 12.4. The van der Waals surface area contributed by atoms with E-state index in [1.54, 1.807) is 24.3 Å². The van der Waals surface area contributed by atoms with Crippen molar-refractivity contribution in [2.24, 2.45) is 5.10 Å². The molecule has 164 valence electrons. The van der Waals surface area contributed by atoms with Crippen molar-refractivity contribution < 1.29 is 22.7 Å². The standard InChI is InChI=1S/C23H21N3O5S/c1-15-6-8-20(16(2)10-15)26-32(28,29)19-5-3-4-18(12-19)23(27)25-24-13-17-7-9-21-22(11-17)31-14-30-21/h3-13,26H,14H2,1-2H3,(H,25,27). The molecule has 0 fully saturated rings. The fourth-order valence-electron chi connectivity index (χ4n) is 3.16. The van der Waals surface area contributed by atoms with E-state index < -0.39 is 15.9 Å². The number of carbonyl (C=O) groups is 1. The number of anilines is 1. The van der Waals surface area contributed by atoms with E-state index in [4.69, 9.17) is 9.47 Å². The zero-order chi connectivity index (χ0) is 22.7.